The quantitative estimate of drug-likeness (QED) is 0.286. The van der Waals surface area contributed by atoms with E-state index in [1.54, 1.807) is 24.3 Å². The highest BCUT2D eigenvalue weighted by Gasteiger charge is 2.27. The van der Waals surface area contributed by atoms with Crippen LogP contribution < -0.4 is 10.1 Å². The van der Waals surface area contributed by atoms with Crippen molar-refractivity contribution in [3.63, 3.8) is 0 Å². The lowest BCUT2D eigenvalue weighted by molar-refractivity contribution is -0.115. The predicted octanol–water partition coefficient (Wildman–Crippen LogP) is 7.83. The minimum Gasteiger partial charge on any atom is -0.455 e. The largest absolute Gasteiger partial charge is 0.455 e. The summed E-state index contributed by atoms with van der Waals surface area (Å²) in [4.78, 5) is 13.4. The molecule has 6 nitrogen and oxygen atoms in total. The number of ether oxygens (including phenoxy) is 1. The van der Waals surface area contributed by atoms with Crippen LogP contribution in [0, 0.1) is 20.8 Å². The first-order chi connectivity index (χ1) is 18.0. The van der Waals surface area contributed by atoms with Crippen LogP contribution >= 0.6 is 39.1 Å². The lowest BCUT2D eigenvalue weighted by Gasteiger charge is -2.26. The number of rotatable bonds is 7. The van der Waals surface area contributed by atoms with Gasteiger partial charge >= 0.3 is 0 Å². The molecule has 0 atom stereocenters. The fraction of sp³-hybridized carbons (Fsp3) is 0.321. The van der Waals surface area contributed by atoms with Gasteiger partial charge in [-0.3, -0.25) is 4.79 Å². The molecule has 1 aliphatic heterocycles. The van der Waals surface area contributed by atoms with Gasteiger partial charge in [0.25, 0.3) is 0 Å². The zero-order valence-corrected chi connectivity index (χ0v) is 25.3. The van der Waals surface area contributed by atoms with Gasteiger partial charge in [0.1, 0.15) is 5.75 Å². The molecule has 0 saturated carbocycles. The van der Waals surface area contributed by atoms with Gasteiger partial charge in [-0.15, -0.1) is 0 Å². The highest BCUT2D eigenvalue weighted by Crippen LogP contribution is 2.36. The molecule has 0 aliphatic carbocycles. The second kappa shape index (κ2) is 12.0. The van der Waals surface area contributed by atoms with E-state index in [4.69, 9.17) is 27.9 Å². The van der Waals surface area contributed by atoms with Gasteiger partial charge in [-0.1, -0.05) is 51.6 Å². The summed E-state index contributed by atoms with van der Waals surface area (Å²) < 4.78 is 35.2. The van der Waals surface area contributed by atoms with Gasteiger partial charge < -0.3 is 10.1 Å². The molecular formula is C28H29BrCl2N2O4S. The number of carbonyl (C=O) groups is 1. The SMILES string of the molecule is Cc1cc(C)c(CC(=O)Nc2cc(S(=O)(=O)N3CCCCC3)ccc2Oc2cc(Cl)cc(Cl)c2)c(C)c1Br. The summed E-state index contributed by atoms with van der Waals surface area (Å²) in [5, 5.41) is 3.66. The Bertz CT molecular complexity index is 1470. The van der Waals surface area contributed by atoms with Crippen molar-refractivity contribution in [1.29, 1.82) is 0 Å². The number of halogens is 3. The molecule has 1 N–H and O–H groups in total. The average Bonchev–Trinajstić information content (AvgIpc) is 2.86. The number of benzene rings is 3. The Morgan fingerprint density at radius 2 is 1.63 bits per heavy atom. The molecule has 1 fully saturated rings. The molecule has 3 aromatic rings. The third kappa shape index (κ3) is 6.54. The maximum Gasteiger partial charge on any atom is 0.243 e. The molecule has 202 valence electrons. The van der Waals surface area contributed by atoms with Crippen LogP contribution in [0.5, 0.6) is 11.5 Å². The number of aryl methyl sites for hydroxylation is 2. The summed E-state index contributed by atoms with van der Waals surface area (Å²) in [5.41, 5.74) is 4.23. The zero-order valence-electron chi connectivity index (χ0n) is 21.4. The van der Waals surface area contributed by atoms with Crippen LogP contribution in [-0.4, -0.2) is 31.7 Å². The Balaban J connectivity index is 1.69. The first kappa shape index (κ1) is 28.9. The van der Waals surface area contributed by atoms with Gasteiger partial charge in [0.2, 0.25) is 15.9 Å². The van der Waals surface area contributed by atoms with E-state index in [2.05, 4.69) is 21.2 Å². The number of nitrogens with one attached hydrogen (secondary N) is 1. The first-order valence-electron chi connectivity index (χ1n) is 12.3. The summed E-state index contributed by atoms with van der Waals surface area (Å²) in [6, 6.07) is 11.3. The van der Waals surface area contributed by atoms with E-state index in [0.29, 0.717) is 28.9 Å². The van der Waals surface area contributed by atoms with Crippen LogP contribution in [0.2, 0.25) is 10.0 Å². The summed E-state index contributed by atoms with van der Waals surface area (Å²) >= 11 is 15.9. The highest BCUT2D eigenvalue weighted by atomic mass is 79.9. The number of piperidine rings is 1. The Morgan fingerprint density at radius 1 is 0.974 bits per heavy atom. The second-order valence-electron chi connectivity index (χ2n) is 9.48. The molecule has 1 amide bonds. The molecule has 1 saturated heterocycles. The maximum atomic E-state index is 13.4. The van der Waals surface area contributed by atoms with Gasteiger partial charge in [-0.05, 0) is 92.3 Å². The fourth-order valence-corrected chi connectivity index (χ4v) is 7.05. The van der Waals surface area contributed by atoms with Crippen LogP contribution in [0.25, 0.3) is 0 Å². The minimum atomic E-state index is -3.73. The Labute approximate surface area is 242 Å². The molecule has 3 aromatic carbocycles. The summed E-state index contributed by atoms with van der Waals surface area (Å²) in [6.45, 7) is 6.90. The number of hydrogen-bond acceptors (Lipinski definition) is 4. The van der Waals surface area contributed by atoms with Crippen LogP contribution in [-0.2, 0) is 21.2 Å². The summed E-state index contributed by atoms with van der Waals surface area (Å²) in [6.07, 6.45) is 2.77. The molecule has 38 heavy (non-hydrogen) atoms. The van der Waals surface area contributed by atoms with E-state index in [-0.39, 0.29) is 28.7 Å². The molecule has 1 aliphatic rings. The fourth-order valence-electron chi connectivity index (χ4n) is 4.65. The van der Waals surface area contributed by atoms with E-state index in [1.807, 2.05) is 26.8 Å². The van der Waals surface area contributed by atoms with Crippen LogP contribution in [0.1, 0.15) is 41.5 Å². The van der Waals surface area contributed by atoms with Crippen molar-refractivity contribution in [2.45, 2.75) is 51.3 Å². The second-order valence-corrected chi connectivity index (χ2v) is 13.1. The van der Waals surface area contributed by atoms with Crippen molar-refractivity contribution < 1.29 is 17.9 Å². The zero-order chi connectivity index (χ0) is 27.6. The maximum absolute atomic E-state index is 13.4. The van der Waals surface area contributed by atoms with Crippen molar-refractivity contribution >= 4 is 60.7 Å². The summed E-state index contributed by atoms with van der Waals surface area (Å²) in [5.74, 6) is 0.333. The van der Waals surface area contributed by atoms with E-state index in [0.717, 1.165) is 46.0 Å². The molecular weight excluding hydrogens is 611 g/mol. The molecule has 1 heterocycles. The minimum absolute atomic E-state index is 0.0941. The third-order valence-corrected chi connectivity index (χ3v) is 10.2. The van der Waals surface area contributed by atoms with Gasteiger partial charge in [-0.2, -0.15) is 4.31 Å². The van der Waals surface area contributed by atoms with Gasteiger partial charge in [0.05, 0.1) is 17.0 Å². The van der Waals surface area contributed by atoms with E-state index >= 15 is 0 Å². The van der Waals surface area contributed by atoms with Gasteiger partial charge in [0.15, 0.2) is 5.75 Å². The topological polar surface area (TPSA) is 75.7 Å². The van der Waals surface area contributed by atoms with Crippen molar-refractivity contribution in [3.05, 3.63) is 79.2 Å². The molecule has 0 bridgehead atoms. The molecule has 0 aromatic heterocycles. The van der Waals surface area contributed by atoms with Crippen LogP contribution in [0.4, 0.5) is 5.69 Å². The Hall–Kier alpha value is -2.10. The number of anilines is 1. The van der Waals surface area contributed by atoms with Crippen LogP contribution in [0.15, 0.2) is 51.8 Å². The highest BCUT2D eigenvalue weighted by molar-refractivity contribution is 9.10. The molecule has 4 rings (SSSR count). The standard InChI is InChI=1S/C28H29BrCl2N2O4S/c1-17-11-18(2)28(29)19(3)24(17)16-27(34)32-25-15-23(38(35,36)33-9-5-4-6-10-33)7-8-26(25)37-22-13-20(30)12-21(31)14-22/h7-8,11-15H,4-6,9-10,16H2,1-3H3,(H,32,34). The van der Waals surface area contributed by atoms with E-state index < -0.39 is 10.0 Å². The average molecular weight is 640 g/mol. The normalized spacial score (nSPS) is 14.4. The monoisotopic (exact) mass is 638 g/mol. The molecule has 0 radical (unpaired) electrons. The van der Waals surface area contributed by atoms with Crippen molar-refractivity contribution in [1.82, 2.24) is 4.31 Å². The third-order valence-electron chi connectivity index (χ3n) is 6.62. The lowest BCUT2D eigenvalue weighted by atomic mass is 9.97. The van der Waals surface area contributed by atoms with E-state index in [1.165, 1.54) is 16.4 Å². The van der Waals surface area contributed by atoms with Gasteiger partial charge in [-0.25, -0.2) is 8.42 Å². The first-order valence-corrected chi connectivity index (χ1v) is 15.3. The molecule has 0 spiro atoms. The predicted molar refractivity (Wildman–Crippen MR) is 156 cm³/mol. The number of sulfonamides is 1. The smallest absolute Gasteiger partial charge is 0.243 e. The van der Waals surface area contributed by atoms with Crippen molar-refractivity contribution in [2.75, 3.05) is 18.4 Å². The van der Waals surface area contributed by atoms with Crippen molar-refractivity contribution in [3.8, 4) is 11.5 Å². The van der Waals surface area contributed by atoms with Crippen molar-refractivity contribution in [2.24, 2.45) is 0 Å². The molecule has 0 unspecified atom stereocenters. The summed E-state index contributed by atoms with van der Waals surface area (Å²) in [7, 11) is -3.73. The number of carbonyl (C=O) groups excluding carboxylic acids is 1. The Morgan fingerprint density at radius 3 is 2.29 bits per heavy atom. The van der Waals surface area contributed by atoms with E-state index in [9.17, 15) is 13.2 Å². The lowest BCUT2D eigenvalue weighted by Crippen LogP contribution is -2.35. The van der Waals surface area contributed by atoms with Gasteiger partial charge in [0, 0.05) is 27.6 Å². The Kier molecular flexibility index (Phi) is 9.10. The number of amides is 1. The number of hydrogen-bond donors (Lipinski definition) is 1. The van der Waals surface area contributed by atoms with Crippen LogP contribution in [0.3, 0.4) is 0 Å². The number of nitrogens with zero attached hydrogens (tertiary/aromatic N) is 1. The molecule has 10 heteroatoms.